The highest BCUT2D eigenvalue weighted by Crippen LogP contribution is 2.21. The Labute approximate surface area is 106 Å². The largest absolute Gasteiger partial charge is 0.462 e. The number of rotatable bonds is 4. The zero-order chi connectivity index (χ0) is 12.8. The number of esters is 1. The molecule has 0 unspecified atom stereocenters. The first-order valence-corrected chi connectivity index (χ1v) is 5.71. The Morgan fingerprint density at radius 1 is 1.06 bits per heavy atom. The SMILES string of the molecule is CCOC(=O)c1ccc(Oc2cc[c]cc2)cc1. The van der Waals surface area contributed by atoms with Crippen LogP contribution in [0.1, 0.15) is 17.3 Å². The lowest BCUT2D eigenvalue weighted by molar-refractivity contribution is 0.0526. The predicted octanol–water partition coefficient (Wildman–Crippen LogP) is 3.46. The number of hydrogen-bond donors (Lipinski definition) is 0. The molecule has 2 aromatic carbocycles. The standard InChI is InChI=1S/C15H13O3/c1-2-17-15(16)12-8-10-14(11-9-12)18-13-6-4-3-5-7-13/h4-11H,2H2,1H3. The second-order valence-corrected chi connectivity index (χ2v) is 3.58. The third-order valence-corrected chi connectivity index (χ3v) is 2.29. The van der Waals surface area contributed by atoms with Gasteiger partial charge in [-0.05, 0) is 49.4 Å². The molecule has 3 heteroatoms. The summed E-state index contributed by atoms with van der Waals surface area (Å²) < 4.78 is 10.5. The Hall–Kier alpha value is -2.29. The second-order valence-electron chi connectivity index (χ2n) is 3.58. The monoisotopic (exact) mass is 241 g/mol. The summed E-state index contributed by atoms with van der Waals surface area (Å²) in [5, 5.41) is 0. The van der Waals surface area contributed by atoms with Gasteiger partial charge in [0.05, 0.1) is 12.2 Å². The average molecular weight is 241 g/mol. The number of carbonyl (C=O) groups is 1. The van der Waals surface area contributed by atoms with E-state index < -0.39 is 0 Å². The quantitative estimate of drug-likeness (QED) is 0.769. The Morgan fingerprint density at radius 2 is 1.67 bits per heavy atom. The van der Waals surface area contributed by atoms with E-state index in [2.05, 4.69) is 6.07 Å². The molecule has 1 radical (unpaired) electrons. The van der Waals surface area contributed by atoms with Gasteiger partial charge in [0, 0.05) is 0 Å². The molecule has 0 saturated heterocycles. The van der Waals surface area contributed by atoms with Crippen molar-refractivity contribution in [1.29, 1.82) is 0 Å². The van der Waals surface area contributed by atoms with E-state index in [1.54, 1.807) is 43.3 Å². The lowest BCUT2D eigenvalue weighted by Gasteiger charge is -2.06. The van der Waals surface area contributed by atoms with Crippen LogP contribution in [0.5, 0.6) is 11.5 Å². The third-order valence-electron chi connectivity index (χ3n) is 2.29. The van der Waals surface area contributed by atoms with Gasteiger partial charge in [-0.15, -0.1) is 0 Å². The molecule has 2 aromatic rings. The van der Waals surface area contributed by atoms with Crippen LogP contribution >= 0.6 is 0 Å². The smallest absolute Gasteiger partial charge is 0.338 e. The van der Waals surface area contributed by atoms with Crippen LogP contribution in [0, 0.1) is 6.07 Å². The van der Waals surface area contributed by atoms with E-state index in [9.17, 15) is 4.79 Å². The van der Waals surface area contributed by atoms with Crippen molar-refractivity contribution in [2.75, 3.05) is 6.61 Å². The van der Waals surface area contributed by atoms with Crippen molar-refractivity contribution in [2.24, 2.45) is 0 Å². The number of ether oxygens (including phenoxy) is 2. The van der Waals surface area contributed by atoms with Gasteiger partial charge in [0.1, 0.15) is 11.5 Å². The van der Waals surface area contributed by atoms with Crippen molar-refractivity contribution in [3.05, 3.63) is 60.2 Å². The van der Waals surface area contributed by atoms with E-state index in [4.69, 9.17) is 9.47 Å². The van der Waals surface area contributed by atoms with E-state index in [1.807, 2.05) is 12.1 Å². The van der Waals surface area contributed by atoms with E-state index in [0.717, 1.165) is 5.75 Å². The van der Waals surface area contributed by atoms with Crippen molar-refractivity contribution in [3.8, 4) is 11.5 Å². The maximum atomic E-state index is 11.4. The molecule has 91 valence electrons. The minimum atomic E-state index is -0.321. The highest BCUT2D eigenvalue weighted by molar-refractivity contribution is 5.89. The lowest BCUT2D eigenvalue weighted by atomic mass is 10.2. The maximum Gasteiger partial charge on any atom is 0.338 e. The molecule has 2 rings (SSSR count). The first-order chi connectivity index (χ1) is 8.79. The normalized spacial score (nSPS) is 9.83. The third kappa shape index (κ3) is 3.10. The van der Waals surface area contributed by atoms with Crippen LogP contribution in [0.2, 0.25) is 0 Å². The fourth-order valence-corrected chi connectivity index (χ4v) is 1.45. The molecule has 0 amide bonds. The minimum Gasteiger partial charge on any atom is -0.462 e. The molecule has 0 aromatic heterocycles. The Balaban J connectivity index is 2.06. The highest BCUT2D eigenvalue weighted by Gasteiger charge is 2.05. The van der Waals surface area contributed by atoms with E-state index >= 15 is 0 Å². The molecule has 18 heavy (non-hydrogen) atoms. The fraction of sp³-hybridized carbons (Fsp3) is 0.133. The Bertz CT molecular complexity index is 503. The topological polar surface area (TPSA) is 35.5 Å². The first kappa shape index (κ1) is 12.2. The molecule has 0 saturated carbocycles. The van der Waals surface area contributed by atoms with Crippen LogP contribution in [-0.2, 0) is 4.74 Å². The van der Waals surface area contributed by atoms with Gasteiger partial charge in [-0.25, -0.2) is 4.79 Å². The van der Waals surface area contributed by atoms with E-state index in [0.29, 0.717) is 17.9 Å². The van der Waals surface area contributed by atoms with Crippen LogP contribution in [0.4, 0.5) is 0 Å². The summed E-state index contributed by atoms with van der Waals surface area (Å²) in [5.41, 5.74) is 0.519. The summed E-state index contributed by atoms with van der Waals surface area (Å²) in [4.78, 5) is 11.4. The molecule has 0 heterocycles. The zero-order valence-corrected chi connectivity index (χ0v) is 10.1. The number of carbonyl (C=O) groups excluding carboxylic acids is 1. The molecule has 0 atom stereocenters. The van der Waals surface area contributed by atoms with Gasteiger partial charge in [0.15, 0.2) is 0 Å². The molecular weight excluding hydrogens is 228 g/mol. The zero-order valence-electron chi connectivity index (χ0n) is 10.1. The van der Waals surface area contributed by atoms with Crippen molar-refractivity contribution < 1.29 is 14.3 Å². The predicted molar refractivity (Wildman–Crippen MR) is 67.8 cm³/mol. The van der Waals surface area contributed by atoms with E-state index in [1.165, 1.54) is 0 Å². The summed E-state index contributed by atoms with van der Waals surface area (Å²) in [5.74, 6) is 1.09. The van der Waals surface area contributed by atoms with Crippen molar-refractivity contribution in [2.45, 2.75) is 6.92 Å². The molecule has 0 aliphatic rings. The first-order valence-electron chi connectivity index (χ1n) is 5.71. The minimum absolute atomic E-state index is 0.321. The molecule has 0 spiro atoms. The van der Waals surface area contributed by atoms with Crippen LogP contribution < -0.4 is 4.74 Å². The molecule has 0 aliphatic carbocycles. The van der Waals surface area contributed by atoms with Gasteiger partial charge >= 0.3 is 5.97 Å². The molecular formula is C15H13O3. The maximum absolute atomic E-state index is 11.4. The Kier molecular flexibility index (Phi) is 3.97. The van der Waals surface area contributed by atoms with Crippen LogP contribution in [-0.4, -0.2) is 12.6 Å². The molecule has 0 N–H and O–H groups in total. The van der Waals surface area contributed by atoms with Crippen LogP contribution in [0.25, 0.3) is 0 Å². The molecule has 0 bridgehead atoms. The van der Waals surface area contributed by atoms with Gasteiger partial charge in [0.25, 0.3) is 0 Å². The molecule has 0 fully saturated rings. The lowest BCUT2D eigenvalue weighted by Crippen LogP contribution is -2.03. The number of hydrogen-bond acceptors (Lipinski definition) is 3. The summed E-state index contributed by atoms with van der Waals surface area (Å²) in [6.45, 7) is 2.15. The van der Waals surface area contributed by atoms with Crippen molar-refractivity contribution in [1.82, 2.24) is 0 Å². The highest BCUT2D eigenvalue weighted by atomic mass is 16.5. The molecule has 0 aliphatic heterocycles. The van der Waals surface area contributed by atoms with Gasteiger partial charge < -0.3 is 9.47 Å². The van der Waals surface area contributed by atoms with Crippen molar-refractivity contribution >= 4 is 5.97 Å². The van der Waals surface area contributed by atoms with Gasteiger partial charge in [0.2, 0.25) is 0 Å². The molecule has 3 nitrogen and oxygen atoms in total. The van der Waals surface area contributed by atoms with Crippen LogP contribution in [0.15, 0.2) is 48.5 Å². The average Bonchev–Trinajstić information content (AvgIpc) is 2.41. The summed E-state index contributed by atoms with van der Waals surface area (Å²) in [7, 11) is 0. The summed E-state index contributed by atoms with van der Waals surface area (Å²) in [6.07, 6.45) is 0. The van der Waals surface area contributed by atoms with Crippen LogP contribution in [0.3, 0.4) is 0 Å². The fourth-order valence-electron chi connectivity index (χ4n) is 1.45. The Morgan fingerprint density at radius 3 is 2.28 bits per heavy atom. The number of benzene rings is 2. The van der Waals surface area contributed by atoms with Crippen molar-refractivity contribution in [3.63, 3.8) is 0 Å². The van der Waals surface area contributed by atoms with Gasteiger partial charge in [-0.3, -0.25) is 0 Å². The van der Waals surface area contributed by atoms with E-state index in [-0.39, 0.29) is 5.97 Å². The van der Waals surface area contributed by atoms with Gasteiger partial charge in [-0.2, -0.15) is 0 Å². The summed E-state index contributed by atoms with van der Waals surface area (Å²) >= 11 is 0. The second kappa shape index (κ2) is 5.87. The van der Waals surface area contributed by atoms with Gasteiger partial charge in [-0.1, -0.05) is 12.1 Å². The summed E-state index contributed by atoms with van der Waals surface area (Å²) in [6, 6.07) is 17.0.